The van der Waals surface area contributed by atoms with Gasteiger partial charge in [-0.2, -0.15) is 5.26 Å². The molecule has 4 heteroatoms. The first-order valence-corrected chi connectivity index (χ1v) is 4.09. The molecule has 0 spiro atoms. The van der Waals surface area contributed by atoms with Crippen molar-refractivity contribution in [1.29, 1.82) is 5.26 Å². The highest BCUT2D eigenvalue weighted by Gasteiger charge is 1.97. The van der Waals surface area contributed by atoms with Gasteiger partial charge in [0.25, 0.3) is 0 Å². The standard InChI is InChI=1S/C10H12N4/c1-14(13)7-10(12)9-4-2-8(6-11)3-5-9/h2-5,7H,12-13H2,1H3/b10-7-. The molecule has 0 aliphatic carbocycles. The first-order chi connectivity index (χ1) is 6.63. The van der Waals surface area contributed by atoms with Crippen molar-refractivity contribution in [3.8, 4) is 6.07 Å². The van der Waals surface area contributed by atoms with Gasteiger partial charge < -0.3 is 10.7 Å². The largest absolute Gasteiger partial charge is 0.397 e. The van der Waals surface area contributed by atoms with Crippen LogP contribution in [0.2, 0.25) is 0 Å². The number of rotatable bonds is 2. The SMILES string of the molecule is CN(N)/C=C(\N)c1ccc(C#N)cc1. The third-order valence-corrected chi connectivity index (χ3v) is 1.69. The van der Waals surface area contributed by atoms with E-state index in [2.05, 4.69) is 0 Å². The zero-order valence-corrected chi connectivity index (χ0v) is 7.94. The minimum absolute atomic E-state index is 0.569. The summed E-state index contributed by atoms with van der Waals surface area (Å²) in [5, 5.41) is 9.97. The van der Waals surface area contributed by atoms with Crippen molar-refractivity contribution in [3.63, 3.8) is 0 Å². The molecule has 0 bridgehead atoms. The fourth-order valence-corrected chi connectivity index (χ4v) is 1.03. The van der Waals surface area contributed by atoms with Gasteiger partial charge in [-0.15, -0.1) is 0 Å². The van der Waals surface area contributed by atoms with Gasteiger partial charge in [0.05, 0.1) is 17.3 Å². The average Bonchev–Trinajstić information content (AvgIpc) is 2.17. The van der Waals surface area contributed by atoms with Gasteiger partial charge in [-0.3, -0.25) is 0 Å². The maximum absolute atomic E-state index is 8.59. The highest BCUT2D eigenvalue weighted by Crippen LogP contribution is 2.09. The highest BCUT2D eigenvalue weighted by molar-refractivity contribution is 5.62. The number of hydrazine groups is 1. The Morgan fingerprint density at radius 2 is 2.00 bits per heavy atom. The molecule has 4 nitrogen and oxygen atoms in total. The molecule has 0 aromatic heterocycles. The van der Waals surface area contributed by atoms with Crippen molar-refractivity contribution < 1.29 is 0 Å². The Hall–Kier alpha value is -1.99. The molecule has 0 saturated heterocycles. The van der Waals surface area contributed by atoms with Gasteiger partial charge >= 0.3 is 0 Å². The van der Waals surface area contributed by atoms with Crippen LogP contribution in [0.4, 0.5) is 0 Å². The van der Waals surface area contributed by atoms with E-state index in [1.165, 1.54) is 5.01 Å². The second-order valence-corrected chi connectivity index (χ2v) is 2.94. The van der Waals surface area contributed by atoms with Crippen LogP contribution in [0.5, 0.6) is 0 Å². The van der Waals surface area contributed by atoms with Gasteiger partial charge in [-0.1, -0.05) is 12.1 Å². The van der Waals surface area contributed by atoms with Gasteiger partial charge in [0.2, 0.25) is 0 Å². The number of nitrogens with zero attached hydrogens (tertiary/aromatic N) is 2. The van der Waals surface area contributed by atoms with Gasteiger partial charge in [-0.25, -0.2) is 5.84 Å². The Labute approximate surface area is 83.0 Å². The molecule has 0 saturated carbocycles. The van der Waals surface area contributed by atoms with Gasteiger partial charge in [0.15, 0.2) is 0 Å². The van der Waals surface area contributed by atoms with Crippen molar-refractivity contribution in [3.05, 3.63) is 41.6 Å². The molecule has 0 radical (unpaired) electrons. The minimum atomic E-state index is 0.569. The zero-order valence-electron chi connectivity index (χ0n) is 7.94. The molecule has 0 aliphatic rings. The molecule has 1 aromatic rings. The molecule has 1 aromatic carbocycles. The van der Waals surface area contributed by atoms with Gasteiger partial charge in [-0.05, 0) is 17.7 Å². The van der Waals surface area contributed by atoms with Crippen molar-refractivity contribution >= 4 is 5.70 Å². The fraction of sp³-hybridized carbons (Fsp3) is 0.100. The second-order valence-electron chi connectivity index (χ2n) is 2.94. The summed E-state index contributed by atoms with van der Waals surface area (Å²) in [7, 11) is 1.69. The van der Waals surface area contributed by atoms with E-state index in [0.717, 1.165) is 5.56 Å². The van der Waals surface area contributed by atoms with E-state index in [1.54, 1.807) is 37.5 Å². The normalized spacial score (nSPS) is 10.8. The van der Waals surface area contributed by atoms with E-state index in [1.807, 2.05) is 6.07 Å². The summed E-state index contributed by atoms with van der Waals surface area (Å²) < 4.78 is 0. The second kappa shape index (κ2) is 4.30. The number of nitriles is 1. The third-order valence-electron chi connectivity index (χ3n) is 1.69. The summed E-state index contributed by atoms with van der Waals surface area (Å²) >= 11 is 0. The summed E-state index contributed by atoms with van der Waals surface area (Å²) in [5.74, 6) is 5.41. The maximum Gasteiger partial charge on any atom is 0.0991 e. The zero-order chi connectivity index (χ0) is 10.6. The molecule has 1 rings (SSSR count). The van der Waals surface area contributed by atoms with Crippen LogP contribution in [0, 0.1) is 11.3 Å². The van der Waals surface area contributed by atoms with Crippen molar-refractivity contribution in [1.82, 2.24) is 5.01 Å². The molecule has 14 heavy (non-hydrogen) atoms. The molecule has 0 atom stereocenters. The Bertz CT molecular complexity index is 370. The van der Waals surface area contributed by atoms with Crippen LogP contribution >= 0.6 is 0 Å². The minimum Gasteiger partial charge on any atom is -0.397 e. The summed E-state index contributed by atoms with van der Waals surface area (Å²) in [6.07, 6.45) is 1.61. The van der Waals surface area contributed by atoms with Crippen molar-refractivity contribution in [2.75, 3.05) is 7.05 Å². The van der Waals surface area contributed by atoms with Crippen LogP contribution in [0.25, 0.3) is 5.70 Å². The van der Waals surface area contributed by atoms with E-state index in [9.17, 15) is 0 Å². The maximum atomic E-state index is 8.59. The molecular weight excluding hydrogens is 176 g/mol. The van der Waals surface area contributed by atoms with Crippen LogP contribution in [0.3, 0.4) is 0 Å². The predicted octanol–water partition coefficient (Wildman–Crippen LogP) is 0.621. The van der Waals surface area contributed by atoms with Crippen molar-refractivity contribution in [2.45, 2.75) is 0 Å². The molecule has 0 fully saturated rings. The smallest absolute Gasteiger partial charge is 0.0991 e. The summed E-state index contributed by atoms with van der Waals surface area (Å²) in [6, 6.07) is 9.04. The third kappa shape index (κ3) is 2.51. The lowest BCUT2D eigenvalue weighted by Gasteiger charge is -2.07. The van der Waals surface area contributed by atoms with Crippen molar-refractivity contribution in [2.24, 2.45) is 11.6 Å². The summed E-state index contributed by atoms with van der Waals surface area (Å²) in [6.45, 7) is 0. The number of hydrogen-bond donors (Lipinski definition) is 2. The Morgan fingerprint density at radius 1 is 1.43 bits per heavy atom. The Kier molecular flexibility index (Phi) is 3.10. The van der Waals surface area contributed by atoms with E-state index in [4.69, 9.17) is 16.8 Å². The van der Waals surface area contributed by atoms with Crippen LogP contribution < -0.4 is 11.6 Å². The van der Waals surface area contributed by atoms with E-state index in [0.29, 0.717) is 11.3 Å². The van der Waals surface area contributed by atoms with E-state index in [-0.39, 0.29) is 0 Å². The first kappa shape index (κ1) is 10.1. The molecule has 0 unspecified atom stereocenters. The lowest BCUT2D eigenvalue weighted by Crippen LogP contribution is -2.20. The van der Waals surface area contributed by atoms with E-state index < -0.39 is 0 Å². The first-order valence-electron chi connectivity index (χ1n) is 4.09. The Morgan fingerprint density at radius 3 is 2.43 bits per heavy atom. The molecule has 0 heterocycles. The Balaban J connectivity index is 2.93. The molecular formula is C10H12N4. The predicted molar refractivity (Wildman–Crippen MR) is 55.3 cm³/mol. The van der Waals surface area contributed by atoms with Crippen LogP contribution in [-0.4, -0.2) is 12.1 Å². The molecule has 0 aliphatic heterocycles. The molecule has 0 amide bonds. The lowest BCUT2D eigenvalue weighted by molar-refractivity contribution is 0.486. The highest BCUT2D eigenvalue weighted by atomic mass is 15.4. The number of benzene rings is 1. The van der Waals surface area contributed by atoms with Crippen LogP contribution in [0.1, 0.15) is 11.1 Å². The summed E-state index contributed by atoms with van der Waals surface area (Å²) in [5.41, 5.74) is 7.77. The van der Waals surface area contributed by atoms with Gasteiger partial charge in [0, 0.05) is 13.2 Å². The fourth-order valence-electron chi connectivity index (χ4n) is 1.03. The average molecular weight is 188 g/mol. The van der Waals surface area contributed by atoms with Crippen LogP contribution in [-0.2, 0) is 0 Å². The van der Waals surface area contributed by atoms with Gasteiger partial charge in [0.1, 0.15) is 0 Å². The van der Waals surface area contributed by atoms with E-state index >= 15 is 0 Å². The number of nitrogens with two attached hydrogens (primary N) is 2. The molecule has 4 N–H and O–H groups in total. The molecule has 72 valence electrons. The summed E-state index contributed by atoms with van der Waals surface area (Å²) in [4.78, 5) is 0. The monoisotopic (exact) mass is 188 g/mol. The number of hydrogen-bond acceptors (Lipinski definition) is 4. The topological polar surface area (TPSA) is 79.1 Å². The van der Waals surface area contributed by atoms with Crippen LogP contribution in [0.15, 0.2) is 30.5 Å². The quantitative estimate of drug-likeness (QED) is 0.526. The lowest BCUT2D eigenvalue weighted by atomic mass is 10.1.